The zero-order chi connectivity index (χ0) is 16.9. The van der Waals surface area contributed by atoms with Crippen LogP contribution < -0.4 is 0 Å². The molecule has 0 atom stereocenters. The summed E-state index contributed by atoms with van der Waals surface area (Å²) in [6, 6.07) is 7.15. The Labute approximate surface area is 140 Å². The van der Waals surface area contributed by atoms with E-state index in [-0.39, 0.29) is 0 Å². The van der Waals surface area contributed by atoms with E-state index in [0.29, 0.717) is 12.0 Å². The smallest absolute Gasteiger partial charge is 0.346 e. The van der Waals surface area contributed by atoms with Crippen molar-refractivity contribution in [1.29, 1.82) is 0 Å². The highest BCUT2D eigenvalue weighted by atomic mass is 16.6. The predicted molar refractivity (Wildman–Crippen MR) is 93.4 cm³/mol. The standard InChI is InChI=1S/C20H30O3/c1-3-4-5-6-7-8-9-10-11-16-19(21)23-20(22)18-15-13-12-14-17(18)2/h12-15H,3-11,16H2,1-2H3. The highest BCUT2D eigenvalue weighted by molar-refractivity contribution is 5.97. The molecule has 0 aliphatic carbocycles. The summed E-state index contributed by atoms with van der Waals surface area (Å²) in [4.78, 5) is 23.6. The monoisotopic (exact) mass is 318 g/mol. The van der Waals surface area contributed by atoms with E-state index >= 15 is 0 Å². The third kappa shape index (κ3) is 8.53. The SMILES string of the molecule is CCCCCCCCCCCC(=O)OC(=O)c1ccccc1C. The zero-order valence-electron chi connectivity index (χ0n) is 14.6. The molecule has 1 aromatic rings. The van der Waals surface area contributed by atoms with Crippen LogP contribution in [-0.2, 0) is 9.53 Å². The van der Waals surface area contributed by atoms with Crippen molar-refractivity contribution >= 4 is 11.9 Å². The summed E-state index contributed by atoms with van der Waals surface area (Å²) < 4.78 is 4.91. The minimum atomic E-state index is -0.538. The topological polar surface area (TPSA) is 43.4 Å². The minimum Gasteiger partial charge on any atom is -0.389 e. The summed E-state index contributed by atoms with van der Waals surface area (Å²) in [5, 5.41) is 0. The average molecular weight is 318 g/mol. The lowest BCUT2D eigenvalue weighted by Gasteiger charge is -2.05. The summed E-state index contributed by atoms with van der Waals surface area (Å²) >= 11 is 0. The summed E-state index contributed by atoms with van der Waals surface area (Å²) in [7, 11) is 0. The molecule has 3 heteroatoms. The molecule has 3 nitrogen and oxygen atoms in total. The number of hydrogen-bond acceptors (Lipinski definition) is 3. The van der Waals surface area contributed by atoms with Gasteiger partial charge in [0, 0.05) is 6.42 Å². The fourth-order valence-electron chi connectivity index (χ4n) is 2.59. The molecule has 0 N–H and O–H groups in total. The molecular formula is C20H30O3. The Morgan fingerprint density at radius 1 is 0.870 bits per heavy atom. The molecule has 0 bridgehead atoms. The number of ether oxygens (including phenoxy) is 1. The lowest BCUT2D eigenvalue weighted by molar-refractivity contribution is -0.138. The molecule has 128 valence electrons. The van der Waals surface area contributed by atoms with Crippen LogP contribution in [0.3, 0.4) is 0 Å². The molecule has 0 saturated heterocycles. The molecule has 0 aromatic heterocycles. The van der Waals surface area contributed by atoms with Crippen LogP contribution in [0.1, 0.15) is 87.1 Å². The summed E-state index contributed by atoms with van der Waals surface area (Å²) in [5.74, 6) is -0.953. The van der Waals surface area contributed by atoms with Crippen LogP contribution in [0.25, 0.3) is 0 Å². The second-order valence-corrected chi connectivity index (χ2v) is 6.15. The summed E-state index contributed by atoms with van der Waals surface area (Å²) in [6.45, 7) is 4.06. The van der Waals surface area contributed by atoms with Crippen molar-refractivity contribution in [1.82, 2.24) is 0 Å². The van der Waals surface area contributed by atoms with Gasteiger partial charge >= 0.3 is 11.9 Å². The van der Waals surface area contributed by atoms with Crippen molar-refractivity contribution in [2.75, 3.05) is 0 Å². The van der Waals surface area contributed by atoms with Crippen LogP contribution in [0.2, 0.25) is 0 Å². The van der Waals surface area contributed by atoms with Gasteiger partial charge in [-0.2, -0.15) is 0 Å². The third-order valence-corrected chi connectivity index (χ3v) is 4.06. The van der Waals surface area contributed by atoms with Crippen molar-refractivity contribution in [3.63, 3.8) is 0 Å². The van der Waals surface area contributed by atoms with Gasteiger partial charge in [-0.05, 0) is 25.0 Å². The molecule has 23 heavy (non-hydrogen) atoms. The fraction of sp³-hybridized carbons (Fsp3) is 0.600. The number of carbonyl (C=O) groups is 2. The first-order valence-corrected chi connectivity index (χ1v) is 8.95. The van der Waals surface area contributed by atoms with Gasteiger partial charge in [0.1, 0.15) is 0 Å². The van der Waals surface area contributed by atoms with E-state index in [4.69, 9.17) is 4.74 Å². The quantitative estimate of drug-likeness (QED) is 0.303. The Bertz CT molecular complexity index is 480. The number of hydrogen-bond donors (Lipinski definition) is 0. The molecule has 0 aliphatic heterocycles. The molecule has 0 heterocycles. The van der Waals surface area contributed by atoms with Crippen molar-refractivity contribution in [3.05, 3.63) is 35.4 Å². The molecule has 0 unspecified atom stereocenters. The molecule has 0 aliphatic rings. The first-order valence-electron chi connectivity index (χ1n) is 8.95. The van der Waals surface area contributed by atoms with Gasteiger partial charge in [0.2, 0.25) is 0 Å². The second-order valence-electron chi connectivity index (χ2n) is 6.15. The van der Waals surface area contributed by atoms with Gasteiger partial charge in [0.15, 0.2) is 0 Å². The summed E-state index contributed by atoms with van der Waals surface area (Å²) in [6.07, 6.45) is 11.1. The Balaban J connectivity index is 2.09. The predicted octanol–water partition coefficient (Wildman–Crippen LogP) is 5.60. The van der Waals surface area contributed by atoms with Crippen molar-refractivity contribution in [2.45, 2.75) is 78.1 Å². The molecule has 0 spiro atoms. The maximum Gasteiger partial charge on any atom is 0.346 e. The number of rotatable bonds is 11. The lowest BCUT2D eigenvalue weighted by Crippen LogP contribution is -2.13. The van der Waals surface area contributed by atoms with Crippen molar-refractivity contribution in [2.24, 2.45) is 0 Å². The number of aryl methyl sites for hydroxylation is 1. The first kappa shape index (κ1) is 19.4. The Kier molecular flexibility index (Phi) is 10.0. The molecule has 0 radical (unpaired) electrons. The van der Waals surface area contributed by atoms with Crippen LogP contribution in [0.15, 0.2) is 24.3 Å². The Morgan fingerprint density at radius 2 is 1.43 bits per heavy atom. The van der Waals surface area contributed by atoms with Crippen molar-refractivity contribution < 1.29 is 14.3 Å². The van der Waals surface area contributed by atoms with Gasteiger partial charge in [0.25, 0.3) is 0 Å². The van der Waals surface area contributed by atoms with E-state index in [0.717, 1.165) is 24.8 Å². The van der Waals surface area contributed by atoms with Crippen LogP contribution in [0, 0.1) is 6.92 Å². The average Bonchev–Trinajstić information content (AvgIpc) is 2.53. The van der Waals surface area contributed by atoms with Gasteiger partial charge in [-0.15, -0.1) is 0 Å². The van der Waals surface area contributed by atoms with E-state index < -0.39 is 11.9 Å². The van der Waals surface area contributed by atoms with E-state index in [1.807, 2.05) is 19.1 Å². The highest BCUT2D eigenvalue weighted by Crippen LogP contribution is 2.12. The molecular weight excluding hydrogens is 288 g/mol. The minimum absolute atomic E-state index is 0.327. The third-order valence-electron chi connectivity index (χ3n) is 4.06. The van der Waals surface area contributed by atoms with Gasteiger partial charge < -0.3 is 4.74 Å². The van der Waals surface area contributed by atoms with E-state index in [1.54, 1.807) is 12.1 Å². The largest absolute Gasteiger partial charge is 0.389 e. The van der Waals surface area contributed by atoms with Crippen LogP contribution >= 0.6 is 0 Å². The highest BCUT2D eigenvalue weighted by Gasteiger charge is 2.14. The van der Waals surface area contributed by atoms with Gasteiger partial charge in [-0.25, -0.2) is 4.79 Å². The molecule has 0 amide bonds. The van der Waals surface area contributed by atoms with Gasteiger partial charge in [-0.1, -0.05) is 76.5 Å². The number of esters is 2. The molecule has 0 fully saturated rings. The molecule has 0 saturated carbocycles. The zero-order valence-corrected chi connectivity index (χ0v) is 14.6. The number of unbranched alkanes of at least 4 members (excludes halogenated alkanes) is 8. The second kappa shape index (κ2) is 11.9. The van der Waals surface area contributed by atoms with E-state index in [1.165, 1.54) is 38.5 Å². The van der Waals surface area contributed by atoms with E-state index in [9.17, 15) is 9.59 Å². The number of carbonyl (C=O) groups excluding carboxylic acids is 2. The number of benzene rings is 1. The first-order chi connectivity index (χ1) is 11.1. The summed E-state index contributed by atoms with van der Waals surface area (Å²) in [5.41, 5.74) is 1.29. The molecule has 1 rings (SSSR count). The molecule has 1 aromatic carbocycles. The van der Waals surface area contributed by atoms with Crippen molar-refractivity contribution in [3.8, 4) is 0 Å². The Hall–Kier alpha value is -1.64. The Morgan fingerprint density at radius 3 is 2.04 bits per heavy atom. The van der Waals surface area contributed by atoms with Gasteiger partial charge in [0.05, 0.1) is 5.56 Å². The normalized spacial score (nSPS) is 10.5. The maximum absolute atomic E-state index is 11.9. The van der Waals surface area contributed by atoms with Crippen LogP contribution in [0.5, 0.6) is 0 Å². The fourth-order valence-corrected chi connectivity index (χ4v) is 2.59. The van der Waals surface area contributed by atoms with Crippen LogP contribution in [-0.4, -0.2) is 11.9 Å². The van der Waals surface area contributed by atoms with Crippen LogP contribution in [0.4, 0.5) is 0 Å². The van der Waals surface area contributed by atoms with Gasteiger partial charge in [-0.3, -0.25) is 4.79 Å². The lowest BCUT2D eigenvalue weighted by atomic mass is 10.1. The maximum atomic E-state index is 11.9. The van der Waals surface area contributed by atoms with E-state index in [2.05, 4.69) is 6.92 Å².